The molecule has 1 saturated heterocycles. The van der Waals surface area contributed by atoms with E-state index in [0.29, 0.717) is 5.13 Å². The van der Waals surface area contributed by atoms with Crippen molar-refractivity contribution in [2.45, 2.75) is 26.7 Å². The lowest BCUT2D eigenvalue weighted by Gasteiger charge is -2.32. The lowest BCUT2D eigenvalue weighted by atomic mass is 9.96. The van der Waals surface area contributed by atoms with Crippen molar-refractivity contribution in [2.75, 3.05) is 23.3 Å². The van der Waals surface area contributed by atoms with Crippen LogP contribution in [0.2, 0.25) is 0 Å². The van der Waals surface area contributed by atoms with E-state index in [1.807, 2.05) is 38.2 Å². The second-order valence-corrected chi connectivity index (χ2v) is 7.92. The highest BCUT2D eigenvalue weighted by atomic mass is 32.1. The van der Waals surface area contributed by atoms with Gasteiger partial charge >= 0.3 is 0 Å². The number of anilines is 2. The van der Waals surface area contributed by atoms with E-state index in [4.69, 9.17) is 0 Å². The van der Waals surface area contributed by atoms with Gasteiger partial charge in [-0.3, -0.25) is 4.79 Å². The number of carbonyl (C=O) groups excluding carboxylic acids is 1. The van der Waals surface area contributed by atoms with Crippen molar-refractivity contribution >= 4 is 38.4 Å². The van der Waals surface area contributed by atoms with Crippen LogP contribution in [0.5, 0.6) is 0 Å². The third kappa shape index (κ3) is 3.42. The third-order valence-corrected chi connectivity index (χ3v) is 5.87. The molecule has 1 N–H and O–H groups in total. The Kier molecular flexibility index (Phi) is 4.59. The summed E-state index contributed by atoms with van der Waals surface area (Å²) in [4.78, 5) is 24.0. The minimum atomic E-state index is 0.0322. The Balaban J connectivity index is 1.38. The Morgan fingerprint density at radius 1 is 1.19 bits per heavy atom. The second kappa shape index (κ2) is 7.03. The molecule has 0 aliphatic carbocycles. The Labute approximate surface area is 157 Å². The van der Waals surface area contributed by atoms with Gasteiger partial charge < -0.3 is 10.2 Å². The van der Waals surface area contributed by atoms with E-state index in [9.17, 15) is 4.79 Å². The largest absolute Gasteiger partial charge is 0.357 e. The molecule has 1 amide bonds. The number of amides is 1. The molecule has 4 rings (SSSR count). The second-order valence-electron chi connectivity index (χ2n) is 6.88. The molecule has 0 saturated carbocycles. The average Bonchev–Trinajstić information content (AvgIpc) is 3.06. The number of para-hydroxylation sites is 1. The summed E-state index contributed by atoms with van der Waals surface area (Å²) in [5.41, 5.74) is 3.28. The standard InChI is InChI=1S/C20H22N4OS/c1-13-6-7-17(21-12-13)24-10-8-15(9-11-24)19(25)23-20-22-18-14(2)4-3-5-16(18)26-20/h3-7,12,15H,8-11H2,1-2H3,(H,22,23,25). The van der Waals surface area contributed by atoms with Crippen LogP contribution in [0.25, 0.3) is 10.2 Å². The number of hydrogen-bond donors (Lipinski definition) is 1. The molecule has 3 heterocycles. The van der Waals surface area contributed by atoms with Gasteiger partial charge in [-0.2, -0.15) is 0 Å². The summed E-state index contributed by atoms with van der Waals surface area (Å²) in [6, 6.07) is 10.2. The van der Waals surface area contributed by atoms with Gasteiger partial charge in [0, 0.05) is 25.2 Å². The highest BCUT2D eigenvalue weighted by Gasteiger charge is 2.26. The van der Waals surface area contributed by atoms with Crippen molar-refractivity contribution in [3.05, 3.63) is 47.7 Å². The van der Waals surface area contributed by atoms with E-state index >= 15 is 0 Å². The van der Waals surface area contributed by atoms with Crippen LogP contribution in [0.3, 0.4) is 0 Å². The van der Waals surface area contributed by atoms with Crippen LogP contribution in [0.15, 0.2) is 36.5 Å². The molecule has 2 aromatic heterocycles. The molecule has 1 aliphatic rings. The Morgan fingerprint density at radius 2 is 2.00 bits per heavy atom. The van der Waals surface area contributed by atoms with Gasteiger partial charge in [0.2, 0.25) is 5.91 Å². The number of aryl methyl sites for hydroxylation is 2. The fraction of sp³-hybridized carbons (Fsp3) is 0.350. The molecule has 1 fully saturated rings. The number of aromatic nitrogens is 2. The van der Waals surface area contributed by atoms with Crippen molar-refractivity contribution in [2.24, 2.45) is 5.92 Å². The first-order valence-electron chi connectivity index (χ1n) is 8.95. The SMILES string of the molecule is Cc1ccc(N2CCC(C(=O)Nc3nc4c(C)cccc4s3)CC2)nc1. The normalized spacial score (nSPS) is 15.4. The maximum Gasteiger partial charge on any atom is 0.229 e. The zero-order valence-electron chi connectivity index (χ0n) is 15.0. The lowest BCUT2D eigenvalue weighted by molar-refractivity contribution is -0.120. The molecule has 5 nitrogen and oxygen atoms in total. The van der Waals surface area contributed by atoms with Gasteiger partial charge in [0.25, 0.3) is 0 Å². The van der Waals surface area contributed by atoms with Gasteiger partial charge in [-0.25, -0.2) is 9.97 Å². The van der Waals surface area contributed by atoms with Crippen molar-refractivity contribution in [3.63, 3.8) is 0 Å². The zero-order chi connectivity index (χ0) is 18.1. The highest BCUT2D eigenvalue weighted by molar-refractivity contribution is 7.22. The van der Waals surface area contributed by atoms with Crippen LogP contribution in [0, 0.1) is 19.8 Å². The molecule has 0 bridgehead atoms. The molecular formula is C20H22N4OS. The van der Waals surface area contributed by atoms with Crippen LogP contribution in [0.1, 0.15) is 24.0 Å². The van der Waals surface area contributed by atoms with Crippen molar-refractivity contribution < 1.29 is 4.79 Å². The molecular weight excluding hydrogens is 344 g/mol. The number of pyridine rings is 1. The molecule has 3 aromatic rings. The summed E-state index contributed by atoms with van der Waals surface area (Å²) in [6.07, 6.45) is 3.57. The monoisotopic (exact) mass is 366 g/mol. The molecule has 1 aromatic carbocycles. The number of nitrogens with one attached hydrogen (secondary N) is 1. The van der Waals surface area contributed by atoms with E-state index in [-0.39, 0.29) is 11.8 Å². The molecule has 0 atom stereocenters. The van der Waals surface area contributed by atoms with E-state index in [2.05, 4.69) is 32.3 Å². The molecule has 0 unspecified atom stereocenters. The number of benzene rings is 1. The minimum absolute atomic E-state index is 0.0322. The van der Waals surface area contributed by atoms with Crippen LogP contribution in [0.4, 0.5) is 10.9 Å². The molecule has 0 radical (unpaired) electrons. The summed E-state index contributed by atoms with van der Waals surface area (Å²) in [5.74, 6) is 1.11. The molecule has 1 aliphatic heterocycles. The molecule has 6 heteroatoms. The highest BCUT2D eigenvalue weighted by Crippen LogP contribution is 2.29. The number of hydrogen-bond acceptors (Lipinski definition) is 5. The van der Waals surface area contributed by atoms with Crippen molar-refractivity contribution in [1.82, 2.24) is 9.97 Å². The number of fused-ring (bicyclic) bond motifs is 1. The van der Waals surface area contributed by atoms with Gasteiger partial charge in [-0.05, 0) is 49.9 Å². The molecule has 26 heavy (non-hydrogen) atoms. The molecule has 0 spiro atoms. The van der Waals surface area contributed by atoms with E-state index < -0.39 is 0 Å². The van der Waals surface area contributed by atoms with E-state index in [1.54, 1.807) is 0 Å². The smallest absolute Gasteiger partial charge is 0.229 e. The van der Waals surface area contributed by atoms with Crippen molar-refractivity contribution in [1.29, 1.82) is 0 Å². The van der Waals surface area contributed by atoms with Crippen molar-refractivity contribution in [3.8, 4) is 0 Å². The summed E-state index contributed by atoms with van der Waals surface area (Å²) in [5, 5.41) is 3.72. The van der Waals surface area contributed by atoms with Gasteiger partial charge in [-0.1, -0.05) is 29.5 Å². The first-order valence-corrected chi connectivity index (χ1v) is 9.76. The summed E-state index contributed by atoms with van der Waals surface area (Å²) < 4.78 is 1.11. The maximum atomic E-state index is 12.6. The third-order valence-electron chi connectivity index (χ3n) is 4.94. The van der Waals surface area contributed by atoms with Gasteiger partial charge in [0.05, 0.1) is 10.2 Å². The quantitative estimate of drug-likeness (QED) is 0.756. The van der Waals surface area contributed by atoms with Crippen LogP contribution >= 0.6 is 11.3 Å². The zero-order valence-corrected chi connectivity index (χ0v) is 15.8. The summed E-state index contributed by atoms with van der Waals surface area (Å²) in [6.45, 7) is 5.79. The van der Waals surface area contributed by atoms with Crippen LogP contribution < -0.4 is 10.2 Å². The van der Waals surface area contributed by atoms with Gasteiger partial charge in [-0.15, -0.1) is 0 Å². The predicted molar refractivity (Wildman–Crippen MR) is 107 cm³/mol. The fourth-order valence-electron chi connectivity index (χ4n) is 3.36. The summed E-state index contributed by atoms with van der Waals surface area (Å²) >= 11 is 1.54. The van der Waals surface area contributed by atoms with E-state index in [1.165, 1.54) is 11.3 Å². The fourth-order valence-corrected chi connectivity index (χ4v) is 4.31. The van der Waals surface area contributed by atoms with E-state index in [0.717, 1.165) is 53.1 Å². The molecule has 134 valence electrons. The number of thiazole rings is 1. The topological polar surface area (TPSA) is 58.1 Å². The lowest BCUT2D eigenvalue weighted by Crippen LogP contribution is -2.38. The average molecular weight is 366 g/mol. The maximum absolute atomic E-state index is 12.6. The van der Waals surface area contributed by atoms with Crippen LogP contribution in [-0.4, -0.2) is 29.0 Å². The number of carbonyl (C=O) groups is 1. The minimum Gasteiger partial charge on any atom is -0.357 e. The first kappa shape index (κ1) is 17.0. The van der Waals surface area contributed by atoms with Gasteiger partial charge in [0.1, 0.15) is 5.82 Å². The Hall–Kier alpha value is -2.47. The summed E-state index contributed by atoms with van der Waals surface area (Å²) in [7, 11) is 0. The number of rotatable bonds is 3. The predicted octanol–water partition coefficient (Wildman–Crippen LogP) is 4.16. The number of nitrogens with zero attached hydrogens (tertiary/aromatic N) is 3. The van der Waals surface area contributed by atoms with Gasteiger partial charge in [0.15, 0.2) is 5.13 Å². The van der Waals surface area contributed by atoms with Crippen LogP contribution in [-0.2, 0) is 4.79 Å². The first-order chi connectivity index (χ1) is 12.6. The Bertz CT molecular complexity index is 927. The number of piperidine rings is 1. The Morgan fingerprint density at radius 3 is 2.69 bits per heavy atom.